The number of benzene rings is 2. The first-order chi connectivity index (χ1) is 11.1. The first-order valence-electron chi connectivity index (χ1n) is 7.63. The van der Waals surface area contributed by atoms with E-state index in [4.69, 9.17) is 0 Å². The first-order valence-corrected chi connectivity index (χ1v) is 8.71. The van der Waals surface area contributed by atoms with Gasteiger partial charge in [0.15, 0.2) is 0 Å². The SMILES string of the molecule is C[C@H](c1ccccc1)N1Cc2cc3c(I)[nH]nc3cc2CC1=O. The highest BCUT2D eigenvalue weighted by Crippen LogP contribution is 2.31. The van der Waals surface area contributed by atoms with E-state index in [9.17, 15) is 4.79 Å². The Labute approximate surface area is 148 Å². The van der Waals surface area contributed by atoms with Crippen LogP contribution in [0.15, 0.2) is 42.5 Å². The standard InChI is InChI=1S/C18H16IN3O/c1-11(12-5-3-2-4-6-12)22-10-14-7-15-16(20-21-18(15)19)8-13(14)9-17(22)23/h2-8,11H,9-10H2,1H3,(H,20,21)/t11-/m1/s1. The van der Waals surface area contributed by atoms with Crippen LogP contribution in [0.1, 0.15) is 29.7 Å². The van der Waals surface area contributed by atoms with Gasteiger partial charge in [0.25, 0.3) is 0 Å². The Balaban J connectivity index is 1.72. The van der Waals surface area contributed by atoms with E-state index in [2.05, 4.69) is 57.9 Å². The minimum atomic E-state index is 0.0796. The molecular weight excluding hydrogens is 401 g/mol. The minimum Gasteiger partial charge on any atom is -0.331 e. The smallest absolute Gasteiger partial charge is 0.227 e. The molecule has 0 unspecified atom stereocenters. The number of H-pyrrole nitrogens is 1. The van der Waals surface area contributed by atoms with Crippen LogP contribution in [-0.4, -0.2) is 21.0 Å². The summed E-state index contributed by atoms with van der Waals surface area (Å²) in [5.41, 5.74) is 4.43. The van der Waals surface area contributed by atoms with Crippen LogP contribution in [0.25, 0.3) is 10.9 Å². The molecule has 3 aromatic rings. The fourth-order valence-corrected chi connectivity index (χ4v) is 3.78. The Morgan fingerprint density at radius 2 is 2.00 bits per heavy atom. The molecule has 5 heteroatoms. The average molecular weight is 417 g/mol. The van der Waals surface area contributed by atoms with Gasteiger partial charge in [-0.2, -0.15) is 5.10 Å². The zero-order valence-electron chi connectivity index (χ0n) is 12.7. The predicted octanol–water partition coefficient (Wildman–Crippen LogP) is 3.81. The second-order valence-electron chi connectivity index (χ2n) is 5.96. The number of rotatable bonds is 2. The van der Waals surface area contributed by atoms with Gasteiger partial charge in [-0.1, -0.05) is 30.3 Å². The van der Waals surface area contributed by atoms with Gasteiger partial charge in [-0.05, 0) is 58.3 Å². The maximum Gasteiger partial charge on any atom is 0.227 e. The molecule has 4 rings (SSSR count). The molecule has 0 bridgehead atoms. The Kier molecular flexibility index (Phi) is 3.60. The molecule has 116 valence electrons. The first kappa shape index (κ1) is 14.7. The molecule has 1 aliphatic heterocycles. The van der Waals surface area contributed by atoms with E-state index in [1.807, 2.05) is 29.2 Å². The van der Waals surface area contributed by atoms with Crippen LogP contribution in [0, 0.1) is 3.70 Å². The summed E-state index contributed by atoms with van der Waals surface area (Å²) in [5.74, 6) is 0.179. The highest BCUT2D eigenvalue weighted by Gasteiger charge is 2.28. The van der Waals surface area contributed by atoms with Crippen molar-refractivity contribution in [1.29, 1.82) is 0 Å². The van der Waals surface area contributed by atoms with Gasteiger partial charge in [-0.15, -0.1) is 0 Å². The highest BCUT2D eigenvalue weighted by atomic mass is 127. The van der Waals surface area contributed by atoms with Crippen molar-refractivity contribution in [1.82, 2.24) is 15.1 Å². The molecule has 0 aliphatic carbocycles. The molecule has 1 aromatic heterocycles. The lowest BCUT2D eigenvalue weighted by atomic mass is 9.95. The molecule has 1 atom stereocenters. The second-order valence-corrected chi connectivity index (χ2v) is 7.04. The lowest BCUT2D eigenvalue weighted by molar-refractivity contribution is -0.134. The van der Waals surface area contributed by atoms with E-state index in [-0.39, 0.29) is 11.9 Å². The normalized spacial score (nSPS) is 15.7. The van der Waals surface area contributed by atoms with Crippen molar-refractivity contribution in [3.05, 3.63) is 62.9 Å². The quantitative estimate of drug-likeness (QED) is 0.645. The molecular formula is C18H16IN3O. The van der Waals surface area contributed by atoms with Crippen molar-refractivity contribution in [2.45, 2.75) is 25.9 Å². The minimum absolute atomic E-state index is 0.0796. The number of hydrogen-bond donors (Lipinski definition) is 1. The van der Waals surface area contributed by atoms with Crippen molar-refractivity contribution in [2.24, 2.45) is 0 Å². The van der Waals surface area contributed by atoms with Crippen LogP contribution in [0.3, 0.4) is 0 Å². The number of nitrogens with zero attached hydrogens (tertiary/aromatic N) is 2. The fourth-order valence-electron chi connectivity index (χ4n) is 3.23. The van der Waals surface area contributed by atoms with Gasteiger partial charge in [0, 0.05) is 11.9 Å². The Hall–Kier alpha value is -1.89. The Morgan fingerprint density at radius 1 is 1.22 bits per heavy atom. The summed E-state index contributed by atoms with van der Waals surface area (Å²) < 4.78 is 1.04. The maximum atomic E-state index is 12.6. The second kappa shape index (κ2) is 5.63. The zero-order chi connectivity index (χ0) is 16.0. The van der Waals surface area contributed by atoms with Crippen molar-refractivity contribution in [3.8, 4) is 0 Å². The summed E-state index contributed by atoms with van der Waals surface area (Å²) >= 11 is 2.26. The summed E-state index contributed by atoms with van der Waals surface area (Å²) in [6.07, 6.45) is 0.450. The van der Waals surface area contributed by atoms with Crippen molar-refractivity contribution < 1.29 is 4.79 Å². The molecule has 4 nitrogen and oxygen atoms in total. The van der Waals surface area contributed by atoms with E-state index in [1.165, 1.54) is 11.1 Å². The molecule has 1 aliphatic rings. The van der Waals surface area contributed by atoms with E-state index >= 15 is 0 Å². The number of halogens is 1. The summed E-state index contributed by atoms with van der Waals surface area (Å²) in [4.78, 5) is 14.6. The van der Waals surface area contributed by atoms with E-state index in [1.54, 1.807) is 0 Å². The number of fused-ring (bicyclic) bond motifs is 2. The number of aromatic amines is 1. The van der Waals surface area contributed by atoms with E-state index < -0.39 is 0 Å². The molecule has 2 heterocycles. The highest BCUT2D eigenvalue weighted by molar-refractivity contribution is 14.1. The van der Waals surface area contributed by atoms with E-state index in [0.717, 1.165) is 20.2 Å². The van der Waals surface area contributed by atoms with Crippen LogP contribution in [0.2, 0.25) is 0 Å². The van der Waals surface area contributed by atoms with Crippen LogP contribution >= 0.6 is 22.6 Å². The van der Waals surface area contributed by atoms with E-state index in [0.29, 0.717) is 13.0 Å². The third-order valence-electron chi connectivity index (χ3n) is 4.58. The average Bonchev–Trinajstić information content (AvgIpc) is 2.93. The Bertz CT molecular complexity index is 888. The van der Waals surface area contributed by atoms with Crippen molar-refractivity contribution in [3.63, 3.8) is 0 Å². The number of aromatic nitrogens is 2. The molecule has 0 fully saturated rings. The van der Waals surface area contributed by atoms with Crippen LogP contribution in [-0.2, 0) is 17.8 Å². The molecule has 0 saturated heterocycles. The number of amides is 1. The van der Waals surface area contributed by atoms with Crippen molar-refractivity contribution >= 4 is 39.4 Å². The summed E-state index contributed by atoms with van der Waals surface area (Å²) in [7, 11) is 0. The molecule has 0 saturated carbocycles. The van der Waals surface area contributed by atoms with Gasteiger partial charge in [-0.25, -0.2) is 0 Å². The zero-order valence-corrected chi connectivity index (χ0v) is 14.9. The molecule has 2 aromatic carbocycles. The lowest BCUT2D eigenvalue weighted by Gasteiger charge is -2.34. The van der Waals surface area contributed by atoms with Crippen LogP contribution in [0.4, 0.5) is 0 Å². The molecule has 1 N–H and O–H groups in total. The van der Waals surface area contributed by atoms with Crippen LogP contribution < -0.4 is 0 Å². The fraction of sp³-hybridized carbons (Fsp3) is 0.222. The van der Waals surface area contributed by atoms with Gasteiger partial charge in [0.1, 0.15) is 3.70 Å². The van der Waals surface area contributed by atoms with Gasteiger partial charge < -0.3 is 4.90 Å². The van der Waals surface area contributed by atoms with Gasteiger partial charge in [0.2, 0.25) is 5.91 Å². The summed E-state index contributed by atoms with van der Waals surface area (Å²) in [6, 6.07) is 14.5. The number of nitrogens with one attached hydrogen (secondary N) is 1. The Morgan fingerprint density at radius 3 is 2.78 bits per heavy atom. The number of carbonyl (C=O) groups is 1. The monoisotopic (exact) mass is 417 g/mol. The third-order valence-corrected chi connectivity index (χ3v) is 5.40. The number of carbonyl (C=O) groups excluding carboxylic acids is 1. The maximum absolute atomic E-state index is 12.6. The summed E-state index contributed by atoms with van der Waals surface area (Å²) in [6.45, 7) is 2.75. The lowest BCUT2D eigenvalue weighted by Crippen LogP contribution is -2.38. The largest absolute Gasteiger partial charge is 0.331 e. The van der Waals surface area contributed by atoms with Gasteiger partial charge in [0.05, 0.1) is 18.0 Å². The third kappa shape index (κ3) is 2.52. The van der Waals surface area contributed by atoms with Crippen LogP contribution in [0.5, 0.6) is 0 Å². The van der Waals surface area contributed by atoms with Gasteiger partial charge >= 0.3 is 0 Å². The predicted molar refractivity (Wildman–Crippen MR) is 97.9 cm³/mol. The molecule has 1 amide bonds. The topological polar surface area (TPSA) is 49.0 Å². The van der Waals surface area contributed by atoms with Gasteiger partial charge in [-0.3, -0.25) is 9.89 Å². The molecule has 0 radical (unpaired) electrons. The summed E-state index contributed by atoms with van der Waals surface area (Å²) in [5, 5.41) is 8.44. The molecule has 23 heavy (non-hydrogen) atoms. The van der Waals surface area contributed by atoms with Crippen molar-refractivity contribution in [2.75, 3.05) is 0 Å². The number of hydrogen-bond acceptors (Lipinski definition) is 2. The molecule has 0 spiro atoms.